The van der Waals surface area contributed by atoms with E-state index < -0.39 is 11.9 Å². The van der Waals surface area contributed by atoms with Crippen LogP contribution in [0, 0.1) is 6.92 Å². The number of carbonyl (C=O) groups is 4. The molecule has 3 aromatic rings. The third kappa shape index (κ3) is 15.2. The minimum atomic E-state index is -0.503. The Bertz CT molecular complexity index is 1480. The van der Waals surface area contributed by atoms with Crippen molar-refractivity contribution in [2.24, 2.45) is 0 Å². The molecular weight excluding hydrogens is 624 g/mol. The predicted octanol–water partition coefficient (Wildman–Crippen LogP) is 8.77. The fourth-order valence-corrected chi connectivity index (χ4v) is 4.60. The van der Waals surface area contributed by atoms with Crippen molar-refractivity contribution in [1.82, 2.24) is 0 Å². The zero-order valence-electron chi connectivity index (χ0n) is 28.7. The van der Waals surface area contributed by atoms with Crippen LogP contribution in [0.15, 0.2) is 84.9 Å². The van der Waals surface area contributed by atoms with Crippen LogP contribution in [-0.4, -0.2) is 43.7 Å². The Balaban J connectivity index is 1.18. The first-order valence-electron chi connectivity index (χ1n) is 17.1. The Morgan fingerprint density at radius 1 is 0.551 bits per heavy atom. The number of hydrogen-bond donors (Lipinski definition) is 0. The highest BCUT2D eigenvalue weighted by Gasteiger charge is 2.12. The summed E-state index contributed by atoms with van der Waals surface area (Å²) < 4.78 is 27.1. The van der Waals surface area contributed by atoms with E-state index in [1.165, 1.54) is 0 Å². The van der Waals surface area contributed by atoms with E-state index in [9.17, 15) is 19.2 Å². The molecule has 0 spiro atoms. The molecule has 3 rings (SSSR count). The van der Waals surface area contributed by atoms with Gasteiger partial charge in [0.2, 0.25) is 0 Å². The van der Waals surface area contributed by atoms with Gasteiger partial charge in [0, 0.05) is 12.0 Å². The van der Waals surface area contributed by atoms with Crippen molar-refractivity contribution in [2.45, 2.75) is 84.5 Å². The summed E-state index contributed by atoms with van der Waals surface area (Å²) in [6.45, 7) is 8.83. The van der Waals surface area contributed by atoms with Crippen LogP contribution in [-0.2, 0) is 19.1 Å². The Labute approximate surface area is 289 Å². The highest BCUT2D eigenvalue weighted by atomic mass is 16.5. The van der Waals surface area contributed by atoms with Gasteiger partial charge in [0.05, 0.1) is 30.9 Å². The minimum absolute atomic E-state index is 0.177. The van der Waals surface area contributed by atoms with Crippen molar-refractivity contribution in [3.05, 3.63) is 102 Å². The number of carbonyl (C=O) groups excluding carboxylic acids is 4. The molecule has 0 saturated carbocycles. The van der Waals surface area contributed by atoms with Gasteiger partial charge in [0.25, 0.3) is 0 Å². The largest absolute Gasteiger partial charge is 0.494 e. The molecule has 9 heteroatoms. The molecule has 3 aromatic carbocycles. The Kier molecular flexibility index (Phi) is 17.2. The Morgan fingerprint density at radius 2 is 1.00 bits per heavy atom. The van der Waals surface area contributed by atoms with Crippen LogP contribution >= 0.6 is 0 Å². The number of esters is 4. The van der Waals surface area contributed by atoms with Crippen molar-refractivity contribution in [3.8, 4) is 17.2 Å². The summed E-state index contributed by atoms with van der Waals surface area (Å²) in [7, 11) is 0. The third-order valence-electron chi connectivity index (χ3n) is 7.67. The third-order valence-corrected chi connectivity index (χ3v) is 7.67. The van der Waals surface area contributed by atoms with Crippen molar-refractivity contribution in [2.75, 3.05) is 19.8 Å². The van der Waals surface area contributed by atoms with E-state index in [1.54, 1.807) is 60.7 Å². The maximum atomic E-state index is 12.6. The van der Waals surface area contributed by atoms with Crippen molar-refractivity contribution in [3.63, 3.8) is 0 Å². The molecule has 0 saturated heterocycles. The van der Waals surface area contributed by atoms with Gasteiger partial charge in [-0.2, -0.15) is 0 Å². The van der Waals surface area contributed by atoms with E-state index in [-0.39, 0.29) is 11.9 Å². The quantitative estimate of drug-likeness (QED) is 0.0447. The molecular formula is C40H48O9. The molecule has 0 bridgehead atoms. The van der Waals surface area contributed by atoms with Crippen LogP contribution in [0.1, 0.15) is 104 Å². The van der Waals surface area contributed by atoms with Gasteiger partial charge >= 0.3 is 23.9 Å². The van der Waals surface area contributed by atoms with Gasteiger partial charge in [-0.3, -0.25) is 4.79 Å². The lowest BCUT2D eigenvalue weighted by Gasteiger charge is -2.09. The van der Waals surface area contributed by atoms with E-state index in [2.05, 4.69) is 6.58 Å². The minimum Gasteiger partial charge on any atom is -0.494 e. The van der Waals surface area contributed by atoms with Gasteiger partial charge in [-0.05, 0) is 106 Å². The topological polar surface area (TPSA) is 114 Å². The monoisotopic (exact) mass is 672 g/mol. The summed E-state index contributed by atoms with van der Waals surface area (Å²) in [4.78, 5) is 48.3. The van der Waals surface area contributed by atoms with Crippen molar-refractivity contribution in [1.29, 1.82) is 0 Å². The molecule has 0 unspecified atom stereocenters. The fraction of sp³-hybridized carbons (Fsp3) is 0.400. The molecule has 0 N–H and O–H groups in total. The van der Waals surface area contributed by atoms with Crippen LogP contribution < -0.4 is 14.2 Å². The summed E-state index contributed by atoms with van der Waals surface area (Å²) in [6.07, 6.45) is 9.17. The van der Waals surface area contributed by atoms with Crippen LogP contribution in [0.3, 0.4) is 0 Å². The zero-order valence-corrected chi connectivity index (χ0v) is 28.7. The second-order valence-electron chi connectivity index (χ2n) is 11.7. The molecule has 0 atom stereocenters. The smallest absolute Gasteiger partial charge is 0.343 e. The number of hydrogen-bond acceptors (Lipinski definition) is 9. The summed E-state index contributed by atoms with van der Waals surface area (Å²) >= 11 is 0. The SMILES string of the molecule is C=C(CC)C(=O)OCCCCCC(=O)OCCCCCCCCOc1ccc(C(=O)Oc2ccc(OC(=O)c3ccc(C)cc3)cc2)cc1. The lowest BCUT2D eigenvalue weighted by atomic mass is 10.1. The van der Waals surface area contributed by atoms with Crippen molar-refractivity contribution >= 4 is 23.9 Å². The zero-order chi connectivity index (χ0) is 35.3. The molecule has 0 fully saturated rings. The summed E-state index contributed by atoms with van der Waals surface area (Å²) in [5.74, 6) is -0.122. The first-order chi connectivity index (χ1) is 23.7. The first kappa shape index (κ1) is 38.5. The highest BCUT2D eigenvalue weighted by molar-refractivity contribution is 5.92. The van der Waals surface area contributed by atoms with Gasteiger partial charge in [0.15, 0.2) is 0 Å². The standard InChI is InChI=1S/C40H48O9/c1-4-31(3)38(42)47-29-13-9-10-14-37(41)46-28-12-8-6-5-7-11-27-45-34-21-19-33(20-22-34)40(44)49-36-25-23-35(24-26-36)48-39(43)32-17-15-30(2)16-18-32/h15-26H,3-14,27-29H2,1-2H3. The van der Waals surface area contributed by atoms with Gasteiger partial charge < -0.3 is 23.7 Å². The average Bonchev–Trinajstić information content (AvgIpc) is 3.11. The van der Waals surface area contributed by atoms with Crippen LogP contribution in [0.5, 0.6) is 17.2 Å². The maximum Gasteiger partial charge on any atom is 0.343 e. The van der Waals surface area contributed by atoms with Gasteiger partial charge in [-0.1, -0.05) is 56.9 Å². The summed E-state index contributed by atoms with van der Waals surface area (Å²) in [5.41, 5.74) is 2.37. The van der Waals surface area contributed by atoms with Crippen LogP contribution in [0.4, 0.5) is 0 Å². The number of unbranched alkanes of at least 4 members (excludes halogenated alkanes) is 7. The molecule has 0 heterocycles. The molecule has 262 valence electrons. The first-order valence-corrected chi connectivity index (χ1v) is 17.1. The second-order valence-corrected chi connectivity index (χ2v) is 11.7. The molecule has 49 heavy (non-hydrogen) atoms. The molecule has 9 nitrogen and oxygen atoms in total. The number of benzene rings is 3. The predicted molar refractivity (Wildman–Crippen MR) is 187 cm³/mol. The van der Waals surface area contributed by atoms with Gasteiger partial charge in [-0.15, -0.1) is 0 Å². The van der Waals surface area contributed by atoms with E-state index in [0.29, 0.717) is 66.6 Å². The number of ether oxygens (including phenoxy) is 5. The normalized spacial score (nSPS) is 10.6. The fourth-order valence-electron chi connectivity index (χ4n) is 4.60. The summed E-state index contributed by atoms with van der Waals surface area (Å²) in [5, 5.41) is 0. The second kappa shape index (κ2) is 21.9. The summed E-state index contributed by atoms with van der Waals surface area (Å²) in [6, 6.07) is 20.2. The maximum absolute atomic E-state index is 12.6. The molecule has 0 aliphatic carbocycles. The molecule has 0 aromatic heterocycles. The van der Waals surface area contributed by atoms with E-state index in [0.717, 1.165) is 63.4 Å². The van der Waals surface area contributed by atoms with Gasteiger partial charge in [-0.25, -0.2) is 14.4 Å². The van der Waals surface area contributed by atoms with Gasteiger partial charge in [0.1, 0.15) is 17.2 Å². The lowest BCUT2D eigenvalue weighted by Crippen LogP contribution is -2.09. The Morgan fingerprint density at radius 3 is 1.55 bits per heavy atom. The Hall–Kier alpha value is -4.92. The number of rotatable bonds is 22. The average molecular weight is 673 g/mol. The molecule has 0 aliphatic rings. The molecule has 0 amide bonds. The van der Waals surface area contributed by atoms with Crippen LogP contribution in [0.2, 0.25) is 0 Å². The highest BCUT2D eigenvalue weighted by Crippen LogP contribution is 2.21. The lowest BCUT2D eigenvalue weighted by molar-refractivity contribution is -0.144. The van der Waals surface area contributed by atoms with Crippen molar-refractivity contribution < 1.29 is 42.9 Å². The van der Waals surface area contributed by atoms with E-state index >= 15 is 0 Å². The number of aryl methyl sites for hydroxylation is 1. The molecule has 0 radical (unpaired) electrons. The molecule has 0 aliphatic heterocycles. The van der Waals surface area contributed by atoms with E-state index in [4.69, 9.17) is 23.7 Å². The van der Waals surface area contributed by atoms with E-state index in [1.807, 2.05) is 26.0 Å². The van der Waals surface area contributed by atoms with Crippen LogP contribution in [0.25, 0.3) is 0 Å².